The molecule has 0 amide bonds. The summed E-state index contributed by atoms with van der Waals surface area (Å²) in [6, 6.07) is 14.4. The molecule has 1 fully saturated rings. The summed E-state index contributed by atoms with van der Waals surface area (Å²) in [4.78, 5) is 16.1. The molecule has 0 aliphatic carbocycles. The highest BCUT2D eigenvalue weighted by Crippen LogP contribution is 2.23. The van der Waals surface area contributed by atoms with Crippen LogP contribution in [0.2, 0.25) is 0 Å². The van der Waals surface area contributed by atoms with Crippen LogP contribution in [0, 0.1) is 20.8 Å². The van der Waals surface area contributed by atoms with E-state index in [0.717, 1.165) is 30.0 Å². The van der Waals surface area contributed by atoms with Crippen molar-refractivity contribution in [3.63, 3.8) is 0 Å². The van der Waals surface area contributed by atoms with Gasteiger partial charge in [-0.2, -0.15) is 15.0 Å². The van der Waals surface area contributed by atoms with Crippen LogP contribution >= 0.6 is 0 Å². The van der Waals surface area contributed by atoms with Gasteiger partial charge in [-0.15, -0.1) is 0 Å². The molecule has 1 aromatic heterocycles. The second-order valence-corrected chi connectivity index (χ2v) is 7.32. The van der Waals surface area contributed by atoms with Crippen LogP contribution in [0.15, 0.2) is 42.5 Å². The number of aromatic nitrogens is 3. The number of hydrogen-bond donors (Lipinski definition) is 2. The summed E-state index contributed by atoms with van der Waals surface area (Å²) in [6.07, 6.45) is 0. The Morgan fingerprint density at radius 2 is 1.45 bits per heavy atom. The van der Waals surface area contributed by atoms with Gasteiger partial charge in [-0.3, -0.25) is 0 Å². The van der Waals surface area contributed by atoms with E-state index in [-0.39, 0.29) is 0 Å². The Labute approximate surface area is 171 Å². The van der Waals surface area contributed by atoms with Crippen LogP contribution in [0.4, 0.5) is 29.2 Å². The van der Waals surface area contributed by atoms with Crippen molar-refractivity contribution < 1.29 is 4.74 Å². The summed E-state index contributed by atoms with van der Waals surface area (Å²) in [5.41, 5.74) is 5.45. The van der Waals surface area contributed by atoms with Crippen molar-refractivity contribution in [1.82, 2.24) is 15.0 Å². The molecule has 7 heteroatoms. The van der Waals surface area contributed by atoms with E-state index in [2.05, 4.69) is 81.6 Å². The van der Waals surface area contributed by atoms with Gasteiger partial charge in [-0.05, 0) is 50.1 Å². The first kappa shape index (κ1) is 19.1. The van der Waals surface area contributed by atoms with Crippen LogP contribution in [-0.4, -0.2) is 41.3 Å². The molecule has 3 aromatic rings. The Morgan fingerprint density at radius 3 is 2.17 bits per heavy atom. The first-order chi connectivity index (χ1) is 14.1. The van der Waals surface area contributed by atoms with E-state index in [9.17, 15) is 0 Å². The third-order valence-electron chi connectivity index (χ3n) is 4.86. The van der Waals surface area contributed by atoms with E-state index in [1.54, 1.807) is 0 Å². The molecule has 0 bridgehead atoms. The third-order valence-corrected chi connectivity index (χ3v) is 4.86. The molecular formula is C22H26N6O. The van der Waals surface area contributed by atoms with Gasteiger partial charge in [-0.25, -0.2) is 0 Å². The Bertz CT molecular complexity index is 983. The van der Waals surface area contributed by atoms with Crippen molar-refractivity contribution in [3.8, 4) is 0 Å². The monoisotopic (exact) mass is 390 g/mol. The summed E-state index contributed by atoms with van der Waals surface area (Å²) < 4.78 is 5.47. The topological polar surface area (TPSA) is 75.2 Å². The maximum absolute atomic E-state index is 5.47. The van der Waals surface area contributed by atoms with E-state index in [0.29, 0.717) is 31.1 Å². The molecule has 29 heavy (non-hydrogen) atoms. The average molecular weight is 390 g/mol. The van der Waals surface area contributed by atoms with Crippen LogP contribution in [0.1, 0.15) is 16.7 Å². The molecule has 0 unspecified atom stereocenters. The van der Waals surface area contributed by atoms with Crippen molar-refractivity contribution in [3.05, 3.63) is 59.2 Å². The lowest BCUT2D eigenvalue weighted by Crippen LogP contribution is -2.37. The minimum absolute atomic E-state index is 0.512. The van der Waals surface area contributed by atoms with E-state index < -0.39 is 0 Å². The van der Waals surface area contributed by atoms with Gasteiger partial charge in [0.25, 0.3) is 0 Å². The van der Waals surface area contributed by atoms with Crippen LogP contribution < -0.4 is 15.5 Å². The number of anilines is 5. The normalized spacial score (nSPS) is 14.0. The van der Waals surface area contributed by atoms with Gasteiger partial charge in [0.1, 0.15) is 0 Å². The fourth-order valence-corrected chi connectivity index (χ4v) is 3.14. The molecule has 0 radical (unpaired) electrons. The van der Waals surface area contributed by atoms with Crippen molar-refractivity contribution in [2.24, 2.45) is 0 Å². The molecule has 150 valence electrons. The van der Waals surface area contributed by atoms with Gasteiger partial charge in [0.15, 0.2) is 0 Å². The summed E-state index contributed by atoms with van der Waals surface area (Å²) >= 11 is 0. The van der Waals surface area contributed by atoms with E-state index in [1.807, 2.05) is 12.1 Å². The second kappa shape index (κ2) is 8.45. The van der Waals surface area contributed by atoms with Crippen LogP contribution in [0.5, 0.6) is 0 Å². The van der Waals surface area contributed by atoms with Crippen LogP contribution in [0.25, 0.3) is 0 Å². The zero-order valence-electron chi connectivity index (χ0n) is 17.1. The van der Waals surface area contributed by atoms with Crippen molar-refractivity contribution >= 4 is 29.2 Å². The largest absolute Gasteiger partial charge is 0.378 e. The predicted octanol–water partition coefficient (Wildman–Crippen LogP) is 4.12. The molecule has 0 atom stereocenters. The summed E-state index contributed by atoms with van der Waals surface area (Å²) in [5, 5.41) is 6.67. The molecule has 1 saturated heterocycles. The highest BCUT2D eigenvalue weighted by atomic mass is 16.5. The Hall–Kier alpha value is -3.19. The van der Waals surface area contributed by atoms with Gasteiger partial charge < -0.3 is 20.3 Å². The highest BCUT2D eigenvalue weighted by molar-refractivity contribution is 5.62. The summed E-state index contributed by atoms with van der Waals surface area (Å²) in [5.74, 6) is 1.67. The highest BCUT2D eigenvalue weighted by Gasteiger charge is 2.17. The minimum atomic E-state index is 0.512. The SMILES string of the molecule is Cc1ccc(Nc2nc(Nc3cc(C)ccc3C)nc(N3CCOCC3)n2)cc1. The molecule has 2 aromatic carbocycles. The smallest absolute Gasteiger partial charge is 0.233 e. The lowest BCUT2D eigenvalue weighted by Gasteiger charge is -2.27. The van der Waals surface area contributed by atoms with Crippen LogP contribution in [-0.2, 0) is 4.74 Å². The van der Waals surface area contributed by atoms with Gasteiger partial charge in [0.2, 0.25) is 17.8 Å². The molecule has 4 rings (SSSR count). The van der Waals surface area contributed by atoms with Crippen molar-refractivity contribution in [2.45, 2.75) is 20.8 Å². The van der Waals surface area contributed by atoms with Gasteiger partial charge in [0, 0.05) is 24.5 Å². The fraction of sp³-hybridized carbons (Fsp3) is 0.318. The molecule has 1 aliphatic heterocycles. The standard InChI is InChI=1S/C22H26N6O/c1-15-5-8-18(9-6-15)23-20-25-21(24-19-14-16(2)4-7-17(19)3)27-22(26-20)28-10-12-29-13-11-28/h4-9,14H,10-13H2,1-3H3,(H2,23,24,25,26,27). The number of rotatable bonds is 5. The Balaban J connectivity index is 1.67. The number of benzene rings is 2. The second-order valence-electron chi connectivity index (χ2n) is 7.32. The van der Waals surface area contributed by atoms with Gasteiger partial charge >= 0.3 is 0 Å². The number of ether oxygens (including phenoxy) is 1. The maximum atomic E-state index is 5.47. The van der Waals surface area contributed by atoms with E-state index >= 15 is 0 Å². The molecule has 0 spiro atoms. The zero-order chi connectivity index (χ0) is 20.2. The molecule has 0 saturated carbocycles. The predicted molar refractivity (Wildman–Crippen MR) is 117 cm³/mol. The number of nitrogens with one attached hydrogen (secondary N) is 2. The molecule has 1 aliphatic rings. The van der Waals surface area contributed by atoms with Crippen molar-refractivity contribution in [1.29, 1.82) is 0 Å². The number of aryl methyl sites for hydroxylation is 3. The Kier molecular flexibility index (Phi) is 5.57. The molecule has 2 heterocycles. The molecule has 7 nitrogen and oxygen atoms in total. The molecular weight excluding hydrogens is 364 g/mol. The first-order valence-electron chi connectivity index (χ1n) is 9.83. The quantitative estimate of drug-likeness (QED) is 0.679. The van der Waals surface area contributed by atoms with Crippen LogP contribution in [0.3, 0.4) is 0 Å². The number of hydrogen-bond acceptors (Lipinski definition) is 7. The summed E-state index contributed by atoms with van der Waals surface area (Å²) in [7, 11) is 0. The number of morpholine rings is 1. The third kappa shape index (κ3) is 4.81. The van der Waals surface area contributed by atoms with E-state index in [4.69, 9.17) is 4.74 Å². The lowest BCUT2D eigenvalue weighted by molar-refractivity contribution is 0.122. The fourth-order valence-electron chi connectivity index (χ4n) is 3.14. The Morgan fingerprint density at radius 1 is 0.793 bits per heavy atom. The number of nitrogens with zero attached hydrogens (tertiary/aromatic N) is 4. The lowest BCUT2D eigenvalue weighted by atomic mass is 10.1. The average Bonchev–Trinajstić information content (AvgIpc) is 2.73. The van der Waals surface area contributed by atoms with Gasteiger partial charge in [0.05, 0.1) is 13.2 Å². The van der Waals surface area contributed by atoms with E-state index in [1.165, 1.54) is 11.1 Å². The maximum Gasteiger partial charge on any atom is 0.233 e. The van der Waals surface area contributed by atoms with Crippen molar-refractivity contribution in [2.75, 3.05) is 41.8 Å². The van der Waals surface area contributed by atoms with Gasteiger partial charge in [-0.1, -0.05) is 29.8 Å². The first-order valence-corrected chi connectivity index (χ1v) is 9.83. The zero-order valence-corrected chi connectivity index (χ0v) is 17.1. The minimum Gasteiger partial charge on any atom is -0.378 e. The molecule has 2 N–H and O–H groups in total. The summed E-state index contributed by atoms with van der Waals surface area (Å²) in [6.45, 7) is 9.07.